The quantitative estimate of drug-likeness (QED) is 0.512. The van der Waals surface area contributed by atoms with E-state index in [1.807, 2.05) is 29.3 Å². The first-order chi connectivity index (χ1) is 13.5. The summed E-state index contributed by atoms with van der Waals surface area (Å²) in [6.07, 6.45) is 2.38. The lowest BCUT2D eigenvalue weighted by Crippen LogP contribution is -2.37. The van der Waals surface area contributed by atoms with Crippen LogP contribution in [0.1, 0.15) is 52.7 Å². The molecule has 0 spiro atoms. The van der Waals surface area contributed by atoms with Gasteiger partial charge in [-0.05, 0) is 62.6 Å². The summed E-state index contributed by atoms with van der Waals surface area (Å²) in [7, 11) is 0. The normalized spacial score (nSPS) is 12.0. The van der Waals surface area contributed by atoms with Gasteiger partial charge in [0.25, 0.3) is 5.91 Å². The van der Waals surface area contributed by atoms with Crippen molar-refractivity contribution < 1.29 is 13.9 Å². The fourth-order valence-corrected chi connectivity index (χ4v) is 3.71. The molecule has 2 heterocycles. The van der Waals surface area contributed by atoms with Gasteiger partial charge >= 0.3 is 0 Å². The van der Waals surface area contributed by atoms with Gasteiger partial charge in [-0.25, -0.2) is 4.98 Å². The van der Waals surface area contributed by atoms with Crippen molar-refractivity contribution in [3.05, 3.63) is 69.6 Å². The summed E-state index contributed by atoms with van der Waals surface area (Å²) in [6, 6.07) is 9.68. The van der Waals surface area contributed by atoms with Crippen LogP contribution in [-0.2, 0) is 13.2 Å². The minimum Gasteiger partial charge on any atom is -0.486 e. The number of nitrogens with zero attached hydrogens (tertiary/aromatic N) is 2. The summed E-state index contributed by atoms with van der Waals surface area (Å²) in [5.41, 5.74) is 3.22. The number of benzene rings is 1. The van der Waals surface area contributed by atoms with Gasteiger partial charge in [0.15, 0.2) is 5.76 Å². The molecule has 3 rings (SSSR count). The molecule has 0 bridgehead atoms. The zero-order chi connectivity index (χ0) is 20.1. The third-order valence-electron chi connectivity index (χ3n) is 4.60. The number of thiazole rings is 1. The Hall–Kier alpha value is -2.60. The number of furan rings is 1. The minimum absolute atomic E-state index is 0.0919. The van der Waals surface area contributed by atoms with E-state index in [0.29, 0.717) is 18.9 Å². The first-order valence-corrected chi connectivity index (χ1v) is 10.3. The molecule has 1 atom stereocenters. The summed E-state index contributed by atoms with van der Waals surface area (Å²) >= 11 is 1.55. The SMILES string of the molecule is CC[C@H](C)N(Cc1csc(COc2cc(C)cc(C)c2)n1)C(=O)c1ccco1. The van der Waals surface area contributed by atoms with Crippen molar-refractivity contribution in [2.24, 2.45) is 0 Å². The van der Waals surface area contributed by atoms with E-state index >= 15 is 0 Å². The van der Waals surface area contributed by atoms with Crippen molar-refractivity contribution in [3.8, 4) is 5.75 Å². The van der Waals surface area contributed by atoms with Crippen molar-refractivity contribution >= 4 is 17.2 Å². The second-order valence-corrected chi connectivity index (χ2v) is 7.95. The van der Waals surface area contributed by atoms with E-state index in [4.69, 9.17) is 9.15 Å². The molecule has 0 N–H and O–H groups in total. The molecule has 0 aliphatic rings. The Labute approximate surface area is 170 Å². The van der Waals surface area contributed by atoms with E-state index < -0.39 is 0 Å². The molecule has 5 nitrogen and oxygen atoms in total. The third-order valence-corrected chi connectivity index (χ3v) is 5.48. The van der Waals surface area contributed by atoms with Gasteiger partial charge < -0.3 is 14.1 Å². The Bertz CT molecular complexity index is 898. The molecule has 0 fully saturated rings. The predicted octanol–water partition coefficient (Wildman–Crippen LogP) is 5.37. The van der Waals surface area contributed by atoms with Gasteiger partial charge in [-0.15, -0.1) is 11.3 Å². The van der Waals surface area contributed by atoms with Crippen LogP contribution in [0, 0.1) is 13.8 Å². The number of aryl methyl sites for hydroxylation is 2. The van der Waals surface area contributed by atoms with E-state index in [1.165, 1.54) is 17.4 Å². The average molecular weight is 399 g/mol. The van der Waals surface area contributed by atoms with Crippen LogP contribution in [0.5, 0.6) is 5.75 Å². The summed E-state index contributed by atoms with van der Waals surface area (Å²) < 4.78 is 11.2. The van der Waals surface area contributed by atoms with Crippen LogP contribution in [0.15, 0.2) is 46.4 Å². The Morgan fingerprint density at radius 1 is 1.29 bits per heavy atom. The third kappa shape index (κ3) is 5.01. The first kappa shape index (κ1) is 20.1. The van der Waals surface area contributed by atoms with E-state index in [0.717, 1.165) is 22.9 Å². The number of amides is 1. The molecule has 0 aliphatic heterocycles. The van der Waals surface area contributed by atoms with Crippen LogP contribution in [0.2, 0.25) is 0 Å². The van der Waals surface area contributed by atoms with Crippen molar-refractivity contribution in [2.75, 3.05) is 0 Å². The summed E-state index contributed by atoms with van der Waals surface area (Å²) in [4.78, 5) is 19.2. The topological polar surface area (TPSA) is 55.6 Å². The maximum Gasteiger partial charge on any atom is 0.290 e. The highest BCUT2D eigenvalue weighted by atomic mass is 32.1. The molecule has 6 heteroatoms. The summed E-state index contributed by atoms with van der Waals surface area (Å²) in [5, 5.41) is 2.88. The molecule has 0 saturated carbocycles. The van der Waals surface area contributed by atoms with Crippen LogP contribution in [0.25, 0.3) is 0 Å². The molecule has 28 heavy (non-hydrogen) atoms. The van der Waals surface area contributed by atoms with Crippen LogP contribution >= 0.6 is 11.3 Å². The van der Waals surface area contributed by atoms with Gasteiger partial charge in [-0.3, -0.25) is 4.79 Å². The van der Waals surface area contributed by atoms with Crippen LogP contribution < -0.4 is 4.74 Å². The lowest BCUT2D eigenvalue weighted by molar-refractivity contribution is 0.0636. The van der Waals surface area contributed by atoms with Gasteiger partial charge in [0.05, 0.1) is 18.5 Å². The second-order valence-electron chi connectivity index (χ2n) is 7.01. The number of carbonyl (C=O) groups excluding carboxylic acids is 1. The van der Waals surface area contributed by atoms with Crippen LogP contribution in [0.3, 0.4) is 0 Å². The Morgan fingerprint density at radius 3 is 2.68 bits per heavy atom. The van der Waals surface area contributed by atoms with Gasteiger partial charge in [0.2, 0.25) is 0 Å². The predicted molar refractivity (Wildman–Crippen MR) is 111 cm³/mol. The summed E-state index contributed by atoms with van der Waals surface area (Å²) in [5.74, 6) is 1.10. The standard InChI is InChI=1S/C22H26N2O3S/c1-5-17(4)24(22(25)20-7-6-8-26-20)12-18-14-28-21(23-18)13-27-19-10-15(2)9-16(3)11-19/h6-11,14,17H,5,12-13H2,1-4H3/t17-/m0/s1. The summed E-state index contributed by atoms with van der Waals surface area (Å²) in [6.45, 7) is 9.09. The van der Waals surface area contributed by atoms with E-state index in [9.17, 15) is 4.79 Å². The highest BCUT2D eigenvalue weighted by Gasteiger charge is 2.23. The first-order valence-electron chi connectivity index (χ1n) is 9.45. The van der Waals surface area contributed by atoms with Crippen molar-refractivity contribution in [1.82, 2.24) is 9.88 Å². The molecular formula is C22H26N2O3S. The number of ether oxygens (including phenoxy) is 1. The van der Waals surface area contributed by atoms with Crippen LogP contribution in [-0.4, -0.2) is 21.8 Å². The second kappa shape index (κ2) is 9.06. The zero-order valence-corrected chi connectivity index (χ0v) is 17.6. The Morgan fingerprint density at radius 2 is 2.04 bits per heavy atom. The molecule has 1 amide bonds. The Balaban J connectivity index is 1.66. The number of hydrogen-bond acceptors (Lipinski definition) is 5. The largest absolute Gasteiger partial charge is 0.486 e. The molecule has 0 unspecified atom stereocenters. The molecule has 1 aromatic carbocycles. The average Bonchev–Trinajstić information content (AvgIpc) is 3.34. The monoisotopic (exact) mass is 398 g/mol. The Kier molecular flexibility index (Phi) is 6.52. The lowest BCUT2D eigenvalue weighted by Gasteiger charge is -2.27. The number of aromatic nitrogens is 1. The number of hydrogen-bond donors (Lipinski definition) is 0. The van der Waals surface area contributed by atoms with Crippen molar-refractivity contribution in [1.29, 1.82) is 0 Å². The molecule has 0 aliphatic carbocycles. The van der Waals surface area contributed by atoms with Gasteiger partial charge in [0, 0.05) is 11.4 Å². The van der Waals surface area contributed by atoms with E-state index in [2.05, 4.69) is 31.8 Å². The fourth-order valence-electron chi connectivity index (χ4n) is 3.01. The molecule has 0 radical (unpaired) electrons. The van der Waals surface area contributed by atoms with Gasteiger partial charge in [0.1, 0.15) is 17.4 Å². The maximum atomic E-state index is 12.8. The van der Waals surface area contributed by atoms with Gasteiger partial charge in [-0.1, -0.05) is 13.0 Å². The van der Waals surface area contributed by atoms with E-state index in [1.54, 1.807) is 23.5 Å². The lowest BCUT2D eigenvalue weighted by atomic mass is 10.1. The number of carbonyl (C=O) groups is 1. The highest BCUT2D eigenvalue weighted by molar-refractivity contribution is 7.09. The van der Waals surface area contributed by atoms with Gasteiger partial charge in [-0.2, -0.15) is 0 Å². The minimum atomic E-state index is -0.111. The van der Waals surface area contributed by atoms with Crippen molar-refractivity contribution in [2.45, 2.75) is 53.3 Å². The maximum absolute atomic E-state index is 12.8. The molecule has 0 saturated heterocycles. The number of rotatable bonds is 8. The smallest absolute Gasteiger partial charge is 0.290 e. The zero-order valence-electron chi connectivity index (χ0n) is 16.8. The molecule has 148 valence electrons. The fraction of sp³-hybridized carbons (Fsp3) is 0.364. The highest BCUT2D eigenvalue weighted by Crippen LogP contribution is 2.21. The van der Waals surface area contributed by atoms with Crippen molar-refractivity contribution in [3.63, 3.8) is 0 Å². The molecular weight excluding hydrogens is 372 g/mol. The van der Waals surface area contributed by atoms with E-state index in [-0.39, 0.29) is 11.9 Å². The molecule has 3 aromatic rings. The molecule has 2 aromatic heterocycles. The van der Waals surface area contributed by atoms with Crippen LogP contribution in [0.4, 0.5) is 0 Å².